The van der Waals surface area contributed by atoms with Gasteiger partial charge >= 0.3 is 6.03 Å². The first kappa shape index (κ1) is 23.9. The largest absolute Gasteiger partial charge is 0.366 e. The van der Waals surface area contributed by atoms with Crippen molar-refractivity contribution in [1.29, 1.82) is 0 Å². The van der Waals surface area contributed by atoms with Gasteiger partial charge in [0, 0.05) is 30.5 Å². The van der Waals surface area contributed by atoms with E-state index in [-0.39, 0.29) is 17.0 Å². The molecule has 0 bridgehead atoms. The summed E-state index contributed by atoms with van der Waals surface area (Å²) in [5.74, 6) is -0.189. The summed E-state index contributed by atoms with van der Waals surface area (Å²) in [5, 5.41) is 9.05. The zero-order chi connectivity index (χ0) is 24.2. The summed E-state index contributed by atoms with van der Waals surface area (Å²) < 4.78 is 0. The predicted octanol–water partition coefficient (Wildman–Crippen LogP) is 6.34. The van der Waals surface area contributed by atoms with Crippen molar-refractivity contribution >= 4 is 52.2 Å². The van der Waals surface area contributed by atoms with Crippen molar-refractivity contribution in [3.8, 4) is 0 Å². The molecule has 0 radical (unpaired) electrons. The molecule has 1 heterocycles. The van der Waals surface area contributed by atoms with Crippen molar-refractivity contribution in [2.75, 3.05) is 22.1 Å². The van der Waals surface area contributed by atoms with Gasteiger partial charge in [0.25, 0.3) is 5.91 Å². The number of halogens is 2. The average molecular weight is 497 g/mol. The normalized spacial score (nSPS) is 12.8. The van der Waals surface area contributed by atoms with Gasteiger partial charge in [0.05, 0.1) is 21.3 Å². The molecule has 1 aliphatic rings. The maximum Gasteiger partial charge on any atom is 0.323 e. The van der Waals surface area contributed by atoms with E-state index < -0.39 is 6.03 Å². The Labute approximate surface area is 209 Å². The van der Waals surface area contributed by atoms with Crippen LogP contribution in [0.15, 0.2) is 60.7 Å². The molecular formula is C26H26Cl2N4O2. The van der Waals surface area contributed by atoms with E-state index in [1.54, 1.807) is 30.3 Å². The second-order valence-corrected chi connectivity index (χ2v) is 9.27. The number of hydrogen-bond donors (Lipinski definition) is 3. The number of amides is 3. The molecule has 0 atom stereocenters. The molecule has 34 heavy (non-hydrogen) atoms. The maximum atomic E-state index is 13.1. The standard InChI is InChI=1S/C26H26Cl2N4O2/c1-16(2)29-25(33)20-14-19(30-26(34)31-22-9-5-8-21(27)24(22)28)10-11-23(20)32-13-12-17-6-3-4-7-18(17)15-32/h3-11,14,16H,12-13,15H2,1-2H3,(H,29,33)(H2,30,31,34). The minimum atomic E-state index is -0.487. The lowest BCUT2D eigenvalue weighted by molar-refractivity contribution is 0.0943. The van der Waals surface area contributed by atoms with Crippen molar-refractivity contribution < 1.29 is 9.59 Å². The molecule has 1 aliphatic heterocycles. The first-order valence-corrected chi connectivity index (χ1v) is 11.9. The van der Waals surface area contributed by atoms with Gasteiger partial charge in [-0.1, -0.05) is 53.5 Å². The third-order valence-electron chi connectivity index (χ3n) is 5.59. The quantitative estimate of drug-likeness (QED) is 0.385. The van der Waals surface area contributed by atoms with Crippen molar-refractivity contribution in [1.82, 2.24) is 5.32 Å². The SMILES string of the molecule is CC(C)NC(=O)c1cc(NC(=O)Nc2cccc(Cl)c2Cl)ccc1N1CCc2ccccc2C1. The van der Waals surface area contributed by atoms with Gasteiger partial charge in [-0.3, -0.25) is 4.79 Å². The Morgan fingerprint density at radius 1 is 0.941 bits per heavy atom. The fourth-order valence-corrected chi connectivity index (χ4v) is 4.35. The number of urea groups is 1. The van der Waals surface area contributed by atoms with Gasteiger partial charge in [-0.2, -0.15) is 0 Å². The Bertz CT molecular complexity index is 1230. The Morgan fingerprint density at radius 2 is 1.71 bits per heavy atom. The van der Waals surface area contributed by atoms with Gasteiger partial charge < -0.3 is 20.9 Å². The van der Waals surface area contributed by atoms with Gasteiger partial charge in [-0.05, 0) is 61.7 Å². The van der Waals surface area contributed by atoms with Crippen LogP contribution in [0.4, 0.5) is 21.9 Å². The monoisotopic (exact) mass is 496 g/mol. The smallest absolute Gasteiger partial charge is 0.323 e. The highest BCUT2D eigenvalue weighted by atomic mass is 35.5. The van der Waals surface area contributed by atoms with E-state index >= 15 is 0 Å². The molecule has 0 spiro atoms. The minimum absolute atomic E-state index is 0.0210. The number of nitrogens with zero attached hydrogens (tertiary/aromatic N) is 1. The van der Waals surface area contributed by atoms with Gasteiger partial charge in [0.15, 0.2) is 0 Å². The molecule has 0 aromatic heterocycles. The van der Waals surface area contributed by atoms with Crippen LogP contribution in [0.2, 0.25) is 10.0 Å². The molecule has 3 aromatic rings. The summed E-state index contributed by atoms with van der Waals surface area (Å²) in [5.41, 5.74) is 4.81. The molecule has 3 aromatic carbocycles. The summed E-state index contributed by atoms with van der Waals surface area (Å²) in [7, 11) is 0. The minimum Gasteiger partial charge on any atom is -0.366 e. The van der Waals surface area contributed by atoms with Crippen molar-refractivity contribution in [2.24, 2.45) is 0 Å². The van der Waals surface area contributed by atoms with E-state index in [4.69, 9.17) is 23.2 Å². The molecule has 0 saturated heterocycles. The van der Waals surface area contributed by atoms with Gasteiger partial charge in [-0.15, -0.1) is 0 Å². The lowest BCUT2D eigenvalue weighted by Crippen LogP contribution is -2.35. The van der Waals surface area contributed by atoms with Crippen LogP contribution in [-0.4, -0.2) is 24.5 Å². The molecule has 3 N–H and O–H groups in total. The van der Waals surface area contributed by atoms with E-state index in [0.717, 1.165) is 25.2 Å². The number of anilines is 3. The highest BCUT2D eigenvalue weighted by molar-refractivity contribution is 6.44. The predicted molar refractivity (Wildman–Crippen MR) is 139 cm³/mol. The van der Waals surface area contributed by atoms with Crippen LogP contribution in [-0.2, 0) is 13.0 Å². The lowest BCUT2D eigenvalue weighted by atomic mass is 9.98. The fraction of sp³-hybridized carbons (Fsp3) is 0.231. The molecular weight excluding hydrogens is 471 g/mol. The summed E-state index contributed by atoms with van der Waals surface area (Å²) in [6.45, 7) is 5.36. The van der Waals surface area contributed by atoms with E-state index in [9.17, 15) is 9.59 Å². The number of benzene rings is 3. The third kappa shape index (κ3) is 5.46. The molecule has 4 rings (SSSR count). The van der Waals surface area contributed by atoms with E-state index in [0.29, 0.717) is 22.0 Å². The van der Waals surface area contributed by atoms with Crippen LogP contribution in [0.1, 0.15) is 35.3 Å². The van der Waals surface area contributed by atoms with Gasteiger partial charge in [0.1, 0.15) is 0 Å². The van der Waals surface area contributed by atoms with Crippen molar-refractivity contribution in [2.45, 2.75) is 32.9 Å². The van der Waals surface area contributed by atoms with Crippen LogP contribution >= 0.6 is 23.2 Å². The molecule has 8 heteroatoms. The highest BCUT2D eigenvalue weighted by Gasteiger charge is 2.22. The van der Waals surface area contributed by atoms with Crippen LogP contribution in [0.5, 0.6) is 0 Å². The molecule has 0 unspecified atom stereocenters. The second kappa shape index (κ2) is 10.4. The van der Waals surface area contributed by atoms with Gasteiger partial charge in [0.2, 0.25) is 0 Å². The number of rotatable bonds is 5. The summed E-state index contributed by atoms with van der Waals surface area (Å²) in [6.07, 6.45) is 0.907. The Balaban J connectivity index is 1.58. The zero-order valence-electron chi connectivity index (χ0n) is 19.0. The number of carbonyl (C=O) groups excluding carboxylic acids is 2. The number of nitrogens with one attached hydrogen (secondary N) is 3. The van der Waals surface area contributed by atoms with E-state index in [2.05, 4.69) is 39.0 Å². The third-order valence-corrected chi connectivity index (χ3v) is 6.41. The second-order valence-electron chi connectivity index (χ2n) is 8.48. The summed E-state index contributed by atoms with van der Waals surface area (Å²) >= 11 is 12.2. The average Bonchev–Trinajstić information content (AvgIpc) is 2.81. The Morgan fingerprint density at radius 3 is 2.47 bits per heavy atom. The molecule has 176 valence electrons. The van der Waals surface area contributed by atoms with Crippen LogP contribution in [0.3, 0.4) is 0 Å². The van der Waals surface area contributed by atoms with E-state index in [1.807, 2.05) is 26.0 Å². The van der Waals surface area contributed by atoms with Crippen molar-refractivity contribution in [3.05, 3.63) is 87.4 Å². The number of carbonyl (C=O) groups is 2. The molecule has 6 nitrogen and oxygen atoms in total. The summed E-state index contributed by atoms with van der Waals surface area (Å²) in [6, 6.07) is 18.2. The number of hydrogen-bond acceptors (Lipinski definition) is 3. The first-order chi connectivity index (χ1) is 16.3. The number of fused-ring (bicyclic) bond motifs is 1. The summed E-state index contributed by atoms with van der Waals surface area (Å²) in [4.78, 5) is 27.9. The fourth-order valence-electron chi connectivity index (χ4n) is 4.00. The Kier molecular flexibility index (Phi) is 7.29. The molecule has 3 amide bonds. The van der Waals surface area contributed by atoms with Gasteiger partial charge in [-0.25, -0.2) is 4.79 Å². The molecule has 0 fully saturated rings. The zero-order valence-corrected chi connectivity index (χ0v) is 20.5. The molecule has 0 aliphatic carbocycles. The van der Waals surface area contributed by atoms with E-state index in [1.165, 1.54) is 11.1 Å². The van der Waals surface area contributed by atoms with Crippen LogP contribution in [0.25, 0.3) is 0 Å². The van der Waals surface area contributed by atoms with Crippen LogP contribution in [0, 0.1) is 0 Å². The lowest BCUT2D eigenvalue weighted by Gasteiger charge is -2.32. The maximum absolute atomic E-state index is 13.1. The molecule has 0 saturated carbocycles. The van der Waals surface area contributed by atoms with Crippen molar-refractivity contribution in [3.63, 3.8) is 0 Å². The van der Waals surface area contributed by atoms with Crippen LogP contribution < -0.4 is 20.9 Å². The highest BCUT2D eigenvalue weighted by Crippen LogP contribution is 2.31. The topological polar surface area (TPSA) is 73.5 Å². The first-order valence-electron chi connectivity index (χ1n) is 11.1. The Hall–Kier alpha value is -3.22.